The molecule has 2 N–H and O–H groups in total. The van der Waals surface area contributed by atoms with E-state index in [0.29, 0.717) is 16.7 Å². The van der Waals surface area contributed by atoms with Crippen LogP contribution in [0, 0.1) is 23.6 Å². The van der Waals surface area contributed by atoms with Gasteiger partial charge in [-0.15, -0.1) is 0 Å². The van der Waals surface area contributed by atoms with Crippen molar-refractivity contribution in [3.05, 3.63) is 65.2 Å². The fourth-order valence-corrected chi connectivity index (χ4v) is 3.35. The Morgan fingerprint density at radius 1 is 1.26 bits per heavy atom. The third-order valence-corrected chi connectivity index (χ3v) is 5.07. The van der Waals surface area contributed by atoms with E-state index < -0.39 is 30.2 Å². The third kappa shape index (κ3) is 3.79. The largest absolute Gasteiger partial charge is 0.439 e. The van der Waals surface area contributed by atoms with Crippen molar-refractivity contribution in [1.82, 2.24) is 10.3 Å². The first-order valence-electron chi connectivity index (χ1n) is 8.97. The number of carbonyl (C=O) groups is 1. The Morgan fingerprint density at radius 2 is 2.11 bits per heavy atom. The Hall–Kier alpha value is -2.91. The summed E-state index contributed by atoms with van der Waals surface area (Å²) >= 11 is 0. The molecule has 1 saturated heterocycles. The minimum absolute atomic E-state index is 0.258. The topological polar surface area (TPSA) is 71.5 Å². The highest BCUT2D eigenvalue weighted by atomic mass is 19.1. The van der Waals surface area contributed by atoms with Crippen LogP contribution >= 0.6 is 0 Å². The van der Waals surface area contributed by atoms with Crippen LogP contribution in [0.15, 0.2) is 42.7 Å². The molecule has 3 atom stereocenters. The van der Waals surface area contributed by atoms with Gasteiger partial charge in [0.2, 0.25) is 0 Å². The lowest BCUT2D eigenvalue weighted by molar-refractivity contribution is 0.108. The first-order chi connectivity index (χ1) is 13.1. The van der Waals surface area contributed by atoms with Crippen LogP contribution in [0.1, 0.15) is 48.1 Å². The van der Waals surface area contributed by atoms with Gasteiger partial charge in [-0.25, -0.2) is 9.18 Å². The highest BCUT2D eigenvalue weighted by Crippen LogP contribution is 2.36. The predicted octanol–water partition coefficient (Wildman–Crippen LogP) is 3.26. The summed E-state index contributed by atoms with van der Waals surface area (Å²) in [4.78, 5) is 16.0. The molecule has 1 aromatic heterocycles. The maximum absolute atomic E-state index is 13.6. The number of pyridine rings is 1. The number of ether oxygens (including phenoxy) is 1. The van der Waals surface area contributed by atoms with Crippen LogP contribution < -0.4 is 5.32 Å². The first-order valence-corrected chi connectivity index (χ1v) is 8.97. The Bertz CT molecular complexity index is 917. The average Bonchev–Trinajstić information content (AvgIpc) is 3.01. The van der Waals surface area contributed by atoms with E-state index in [0.717, 1.165) is 19.3 Å². The van der Waals surface area contributed by atoms with Crippen LogP contribution in [0.3, 0.4) is 0 Å². The second kappa shape index (κ2) is 7.37. The summed E-state index contributed by atoms with van der Waals surface area (Å²) in [6.07, 6.45) is 4.55. The van der Waals surface area contributed by atoms with Crippen LogP contribution in [-0.2, 0) is 4.74 Å². The normalized spacial score (nSPS) is 22.8. The molecule has 0 bridgehead atoms. The van der Waals surface area contributed by atoms with E-state index in [1.165, 1.54) is 12.1 Å². The van der Waals surface area contributed by atoms with Crippen molar-refractivity contribution < 1.29 is 19.0 Å². The van der Waals surface area contributed by atoms with Gasteiger partial charge < -0.3 is 15.2 Å². The zero-order valence-electron chi connectivity index (χ0n) is 14.6. The van der Waals surface area contributed by atoms with Crippen molar-refractivity contribution in [1.29, 1.82) is 0 Å². The molecule has 138 valence electrons. The molecule has 1 aliphatic carbocycles. The highest BCUT2D eigenvalue weighted by molar-refractivity contribution is 5.71. The van der Waals surface area contributed by atoms with E-state index >= 15 is 0 Å². The Kier molecular flexibility index (Phi) is 4.78. The molecule has 2 fully saturated rings. The number of benzene rings is 1. The van der Waals surface area contributed by atoms with Gasteiger partial charge in [-0.2, -0.15) is 0 Å². The summed E-state index contributed by atoms with van der Waals surface area (Å²) in [7, 11) is 0. The van der Waals surface area contributed by atoms with Gasteiger partial charge in [-0.1, -0.05) is 30.4 Å². The van der Waals surface area contributed by atoms with E-state index in [4.69, 9.17) is 4.74 Å². The molecule has 0 spiro atoms. The number of hydrogen-bond donors (Lipinski definition) is 2. The summed E-state index contributed by atoms with van der Waals surface area (Å²) in [6, 6.07) is 7.30. The van der Waals surface area contributed by atoms with Crippen molar-refractivity contribution in [3.8, 4) is 11.8 Å². The molecular formula is C21H19FN2O3. The standard InChI is InChI=1S/C21H19FN2O3/c22-17-6-2-5-15(10-17)20-19(24-21(26)27-20)16-9-13(11-23-12-16)7-8-18(25)14-3-1-4-14/h2,5-6,9-12,14,18-20,25H,1,3-4H2,(H,24,26)/t18?,19-,20-/m1/s1. The molecule has 1 saturated carbocycles. The van der Waals surface area contributed by atoms with E-state index in [9.17, 15) is 14.3 Å². The second-order valence-corrected chi connectivity index (χ2v) is 6.92. The van der Waals surface area contributed by atoms with Crippen molar-refractivity contribution in [2.75, 3.05) is 0 Å². The molecule has 27 heavy (non-hydrogen) atoms. The number of nitrogens with zero attached hydrogens (tertiary/aromatic N) is 1. The lowest BCUT2D eigenvalue weighted by atomic mass is 9.81. The summed E-state index contributed by atoms with van der Waals surface area (Å²) in [5.41, 5.74) is 1.92. The van der Waals surface area contributed by atoms with Gasteiger partial charge >= 0.3 is 6.09 Å². The zero-order valence-corrected chi connectivity index (χ0v) is 14.6. The fourth-order valence-electron chi connectivity index (χ4n) is 3.35. The summed E-state index contributed by atoms with van der Waals surface area (Å²) in [5, 5.41) is 12.8. The first kappa shape index (κ1) is 17.5. The fraction of sp³-hybridized carbons (Fsp3) is 0.333. The highest BCUT2D eigenvalue weighted by Gasteiger charge is 2.36. The van der Waals surface area contributed by atoms with Crippen LogP contribution in [0.5, 0.6) is 0 Å². The van der Waals surface area contributed by atoms with Gasteiger partial charge in [-0.05, 0) is 48.1 Å². The lowest BCUT2D eigenvalue weighted by Crippen LogP contribution is -2.25. The van der Waals surface area contributed by atoms with Crippen LogP contribution in [-0.4, -0.2) is 22.3 Å². The molecule has 2 aliphatic rings. The van der Waals surface area contributed by atoms with E-state index in [1.54, 1.807) is 30.6 Å². The molecule has 6 heteroatoms. The molecule has 0 radical (unpaired) electrons. The summed E-state index contributed by atoms with van der Waals surface area (Å²) in [5.74, 6) is 5.70. The molecule has 2 heterocycles. The van der Waals surface area contributed by atoms with E-state index in [1.807, 2.05) is 0 Å². The Balaban J connectivity index is 1.58. The van der Waals surface area contributed by atoms with Gasteiger partial charge in [0.25, 0.3) is 0 Å². The van der Waals surface area contributed by atoms with Crippen LogP contribution in [0.2, 0.25) is 0 Å². The van der Waals surface area contributed by atoms with Crippen molar-refractivity contribution in [2.24, 2.45) is 5.92 Å². The van der Waals surface area contributed by atoms with Crippen LogP contribution in [0.25, 0.3) is 0 Å². The van der Waals surface area contributed by atoms with Gasteiger partial charge in [0.1, 0.15) is 18.0 Å². The smallest absolute Gasteiger partial charge is 0.408 e. The number of cyclic esters (lactones) is 1. The average molecular weight is 366 g/mol. The number of amides is 1. The van der Waals surface area contributed by atoms with Crippen molar-refractivity contribution in [3.63, 3.8) is 0 Å². The predicted molar refractivity (Wildman–Crippen MR) is 96.0 cm³/mol. The zero-order chi connectivity index (χ0) is 18.8. The quantitative estimate of drug-likeness (QED) is 0.818. The minimum atomic E-state index is -0.654. The number of aliphatic hydroxyl groups excluding tert-OH is 1. The number of hydrogen-bond acceptors (Lipinski definition) is 4. The molecule has 1 aromatic carbocycles. The monoisotopic (exact) mass is 366 g/mol. The minimum Gasteiger partial charge on any atom is -0.439 e. The van der Waals surface area contributed by atoms with Gasteiger partial charge in [0.15, 0.2) is 6.10 Å². The van der Waals surface area contributed by atoms with Crippen molar-refractivity contribution in [2.45, 2.75) is 37.5 Å². The van der Waals surface area contributed by atoms with E-state index in [-0.39, 0.29) is 5.92 Å². The number of carbonyl (C=O) groups excluding carboxylic acids is 1. The number of aromatic nitrogens is 1. The third-order valence-electron chi connectivity index (χ3n) is 5.07. The number of alkyl carbamates (subject to hydrolysis) is 1. The molecule has 2 aromatic rings. The number of halogens is 1. The molecule has 5 nitrogen and oxygen atoms in total. The molecule has 4 rings (SSSR count). The van der Waals surface area contributed by atoms with Gasteiger partial charge in [0.05, 0.1) is 0 Å². The summed E-state index contributed by atoms with van der Waals surface area (Å²) in [6.45, 7) is 0. The maximum atomic E-state index is 13.6. The van der Waals surface area contributed by atoms with Gasteiger partial charge in [-0.3, -0.25) is 4.98 Å². The summed E-state index contributed by atoms with van der Waals surface area (Å²) < 4.78 is 18.9. The molecule has 1 aliphatic heterocycles. The number of rotatable bonds is 3. The number of aliphatic hydroxyl groups is 1. The van der Waals surface area contributed by atoms with Crippen molar-refractivity contribution >= 4 is 6.09 Å². The maximum Gasteiger partial charge on any atom is 0.408 e. The lowest BCUT2D eigenvalue weighted by Gasteiger charge is -2.26. The molecule has 1 amide bonds. The van der Waals surface area contributed by atoms with Crippen LogP contribution in [0.4, 0.5) is 9.18 Å². The SMILES string of the molecule is O=C1N[C@H](c2cncc(C#CC(O)C3CCC3)c2)[C@@H](c2cccc(F)c2)O1. The van der Waals surface area contributed by atoms with Gasteiger partial charge in [0, 0.05) is 18.0 Å². The van der Waals surface area contributed by atoms with E-state index in [2.05, 4.69) is 22.1 Å². The molecular weight excluding hydrogens is 347 g/mol. The number of nitrogens with one attached hydrogen (secondary N) is 1. The Labute approximate surface area is 156 Å². The molecule has 1 unspecified atom stereocenters. The second-order valence-electron chi connectivity index (χ2n) is 6.92. The Morgan fingerprint density at radius 3 is 2.85 bits per heavy atom.